The molecule has 1 aliphatic heterocycles. The molecule has 2 heterocycles. The van der Waals surface area contributed by atoms with Gasteiger partial charge in [-0.3, -0.25) is 11.4 Å². The molecule has 9 heteroatoms. The third-order valence-corrected chi connectivity index (χ3v) is 7.02. The standard InChI is InChI=1S/C32H44N3O4S.CH3.Y/c1-8-33-27-14-15-28-22-40-30(34-28)21-29(19-25(4)13-12-23(2)16-17-35(6)7)39-31(36)11-9-10-24(3)18-26(5)38-32(37)20-27;;/h9-13,16,19,22,26-27,29,33H,1,14-15,17-18,20-21H2,2-7H3;1H3;/q2*-1;/b11-9-,13-12+,23-16+,24-10+,25-19+;;/t26-,27+,29+;;/m0../s1. The van der Waals surface area contributed by atoms with E-state index in [0.717, 1.165) is 34.0 Å². The number of esters is 2. The molecule has 1 aliphatic rings. The number of hydrogen-bond acceptors (Lipinski definition) is 8. The Balaban J connectivity index is 0.00000840. The fraction of sp³-hybridized carbons (Fsp3) is 0.455. The summed E-state index contributed by atoms with van der Waals surface area (Å²) in [6.07, 6.45) is 17.8. The molecular weight excluding hydrogens is 623 g/mol. The summed E-state index contributed by atoms with van der Waals surface area (Å²) in [6.45, 7) is 12.4. The summed E-state index contributed by atoms with van der Waals surface area (Å²) >= 11 is 1.54. The molecule has 1 radical (unpaired) electrons. The quantitative estimate of drug-likeness (QED) is 0.162. The van der Waals surface area contributed by atoms with Gasteiger partial charge in [-0.2, -0.15) is 0 Å². The van der Waals surface area contributed by atoms with E-state index in [1.807, 2.05) is 58.5 Å². The number of fused-ring (bicyclic) bond motifs is 2. The summed E-state index contributed by atoms with van der Waals surface area (Å²) < 4.78 is 11.5. The van der Waals surface area contributed by atoms with E-state index in [0.29, 0.717) is 25.7 Å². The number of cyclic esters (lactones) is 2. The van der Waals surface area contributed by atoms with Crippen LogP contribution in [0.25, 0.3) is 0 Å². The molecule has 2 rings (SSSR count). The minimum absolute atomic E-state index is 0. The zero-order chi connectivity index (χ0) is 29.5. The van der Waals surface area contributed by atoms with Crippen LogP contribution in [0.15, 0.2) is 71.2 Å². The normalized spacial score (nSPS) is 23.6. The Morgan fingerprint density at radius 1 is 1.19 bits per heavy atom. The van der Waals surface area contributed by atoms with Gasteiger partial charge in [0, 0.05) is 69.6 Å². The second kappa shape index (κ2) is 21.5. The van der Waals surface area contributed by atoms with Crippen molar-refractivity contribution < 1.29 is 51.8 Å². The number of carbonyl (C=O) groups is 2. The summed E-state index contributed by atoms with van der Waals surface area (Å²) in [6, 6.07) is -0.148. The number of ether oxygens (including phenoxy) is 2. The molecule has 0 spiro atoms. The maximum atomic E-state index is 12.7. The molecule has 0 amide bonds. The van der Waals surface area contributed by atoms with E-state index >= 15 is 0 Å². The number of aryl methyl sites for hydroxylation is 1. The minimum Gasteiger partial charge on any atom is -0.565 e. The molecule has 1 N–H and O–H groups in total. The summed E-state index contributed by atoms with van der Waals surface area (Å²) in [5, 5.41) is 5.95. The predicted molar refractivity (Wildman–Crippen MR) is 169 cm³/mol. The van der Waals surface area contributed by atoms with E-state index < -0.39 is 12.1 Å². The maximum Gasteiger partial charge on any atom is 0.331 e. The van der Waals surface area contributed by atoms with Crippen molar-refractivity contribution in [2.45, 2.75) is 78.0 Å². The van der Waals surface area contributed by atoms with Gasteiger partial charge in [0.05, 0.1) is 17.1 Å². The fourth-order valence-corrected chi connectivity index (χ4v) is 4.95. The van der Waals surface area contributed by atoms with Gasteiger partial charge in [-0.15, -0.1) is 11.3 Å². The zero-order valence-corrected chi connectivity index (χ0v) is 30.0. The largest absolute Gasteiger partial charge is 0.565 e. The van der Waals surface area contributed by atoms with Crippen molar-refractivity contribution in [3.63, 3.8) is 0 Å². The predicted octanol–water partition coefficient (Wildman–Crippen LogP) is 6.12. The number of carbonyl (C=O) groups excluding carboxylic acids is 2. The number of hydrogen-bond donors (Lipinski definition) is 1. The molecule has 0 unspecified atom stereocenters. The Labute approximate surface area is 282 Å². The first-order valence-corrected chi connectivity index (χ1v) is 14.5. The number of nitrogens with zero attached hydrogens (tertiary/aromatic N) is 2. The van der Waals surface area contributed by atoms with Crippen LogP contribution in [-0.4, -0.2) is 60.7 Å². The number of aromatic nitrogens is 1. The summed E-state index contributed by atoms with van der Waals surface area (Å²) in [7, 11) is 4.07. The number of likely N-dealkylation sites (N-methyl/N-ethyl adjacent to an activating group) is 1. The molecule has 2 bridgehead atoms. The van der Waals surface area contributed by atoms with Crippen LogP contribution in [0.4, 0.5) is 0 Å². The summed E-state index contributed by atoms with van der Waals surface area (Å²) in [4.78, 5) is 32.1. The van der Waals surface area contributed by atoms with Gasteiger partial charge in [-0.05, 0) is 60.7 Å². The topological polar surface area (TPSA) is 80.8 Å². The van der Waals surface area contributed by atoms with Gasteiger partial charge < -0.3 is 33.3 Å². The Kier molecular flexibility index (Phi) is 20.5. The van der Waals surface area contributed by atoms with Crippen molar-refractivity contribution >= 4 is 23.3 Å². The van der Waals surface area contributed by atoms with Gasteiger partial charge >= 0.3 is 11.9 Å². The first-order chi connectivity index (χ1) is 19.0. The van der Waals surface area contributed by atoms with Crippen molar-refractivity contribution in [3.05, 3.63) is 95.5 Å². The average Bonchev–Trinajstić information content (AvgIpc) is 3.31. The molecule has 42 heavy (non-hydrogen) atoms. The maximum absolute atomic E-state index is 12.7. The van der Waals surface area contributed by atoms with Crippen LogP contribution >= 0.6 is 11.3 Å². The molecule has 1 aromatic heterocycles. The van der Waals surface area contributed by atoms with E-state index in [1.54, 1.807) is 17.4 Å². The molecule has 0 saturated carbocycles. The fourth-order valence-electron chi connectivity index (χ4n) is 4.08. The van der Waals surface area contributed by atoms with Crippen molar-refractivity contribution in [2.75, 3.05) is 20.6 Å². The van der Waals surface area contributed by atoms with Crippen LogP contribution in [0, 0.1) is 13.6 Å². The average molecular weight is 671 g/mol. The summed E-state index contributed by atoms with van der Waals surface area (Å²) in [5.74, 6) is -0.695. The SMILES string of the molecule is C=[C-]N[C@@H]1CCc2csc(n2)C[C@@H](/C=C(C)/C=C/C(C)=C/CN(C)C)OC(=O)/C=C\C=C(/C)C[C@H](C)OC(=O)C1.[CH3-].[Y]. The number of allylic oxidation sites excluding steroid dienone is 6. The van der Waals surface area contributed by atoms with Crippen LogP contribution < -0.4 is 5.32 Å². The minimum atomic E-state index is -0.463. The van der Waals surface area contributed by atoms with E-state index in [4.69, 9.17) is 14.5 Å². The van der Waals surface area contributed by atoms with Crippen molar-refractivity contribution in [2.24, 2.45) is 0 Å². The molecule has 0 saturated heterocycles. The van der Waals surface area contributed by atoms with Gasteiger partial charge in [0.25, 0.3) is 0 Å². The van der Waals surface area contributed by atoms with E-state index in [2.05, 4.69) is 42.1 Å². The number of thiazole rings is 1. The Bertz CT molecular complexity index is 1150. The summed E-state index contributed by atoms with van der Waals surface area (Å²) in [5.41, 5.74) is 4.08. The van der Waals surface area contributed by atoms with Crippen molar-refractivity contribution in [3.8, 4) is 0 Å². The Morgan fingerprint density at radius 3 is 2.60 bits per heavy atom. The van der Waals surface area contributed by atoms with Crippen molar-refractivity contribution in [1.29, 1.82) is 0 Å². The second-order valence-electron chi connectivity index (χ2n) is 10.5. The zero-order valence-electron chi connectivity index (χ0n) is 26.3. The van der Waals surface area contributed by atoms with Gasteiger partial charge in [-0.25, -0.2) is 9.78 Å². The van der Waals surface area contributed by atoms with E-state index in [9.17, 15) is 9.59 Å². The van der Waals surface area contributed by atoms with Gasteiger partial charge in [0.2, 0.25) is 0 Å². The molecule has 3 atom stereocenters. The molecule has 7 nitrogen and oxygen atoms in total. The van der Waals surface area contributed by atoms with E-state index in [-0.39, 0.29) is 64.7 Å². The van der Waals surface area contributed by atoms with Crippen molar-refractivity contribution in [1.82, 2.24) is 15.2 Å². The van der Waals surface area contributed by atoms with Crippen LogP contribution in [0.3, 0.4) is 0 Å². The van der Waals surface area contributed by atoms with Crippen LogP contribution in [0.5, 0.6) is 0 Å². The molecule has 0 fully saturated rings. The molecule has 229 valence electrons. The van der Waals surface area contributed by atoms with Gasteiger partial charge in [-0.1, -0.05) is 47.1 Å². The first kappa shape index (κ1) is 39.9. The van der Waals surface area contributed by atoms with Gasteiger partial charge in [0.1, 0.15) is 12.2 Å². The third-order valence-electron chi connectivity index (χ3n) is 6.10. The number of nitrogens with one attached hydrogen (secondary N) is 1. The van der Waals surface area contributed by atoms with Gasteiger partial charge in [0.15, 0.2) is 0 Å². The molecular formula is C33H47N3O4SY-2. The van der Waals surface area contributed by atoms with E-state index in [1.165, 1.54) is 6.08 Å². The smallest absolute Gasteiger partial charge is 0.331 e. The number of rotatable bonds is 7. The molecule has 0 aromatic carbocycles. The van der Waals surface area contributed by atoms with Crippen LogP contribution in [0.2, 0.25) is 0 Å². The third kappa shape index (κ3) is 17.1. The van der Waals surface area contributed by atoms with Crippen LogP contribution in [0.1, 0.15) is 57.7 Å². The second-order valence-corrected chi connectivity index (χ2v) is 11.4. The first-order valence-electron chi connectivity index (χ1n) is 13.7. The van der Waals surface area contributed by atoms with Crippen LogP contribution in [-0.2, 0) is 64.6 Å². The molecule has 1 aromatic rings. The Hall–Kier alpha value is -2.13. The Morgan fingerprint density at radius 2 is 1.90 bits per heavy atom. The monoisotopic (exact) mass is 670 g/mol. The molecule has 0 aliphatic carbocycles.